The van der Waals surface area contributed by atoms with Gasteiger partial charge in [-0.15, -0.1) is 11.3 Å². The van der Waals surface area contributed by atoms with E-state index in [0.717, 1.165) is 92.4 Å². The number of methoxy groups -OCH3 is 1. The first-order chi connectivity index (χ1) is 18.8. The molecule has 2 fully saturated rings. The fraction of sp³-hybridized carbons (Fsp3) is 0.607. The third-order valence-corrected chi connectivity index (χ3v) is 9.57. The summed E-state index contributed by atoms with van der Waals surface area (Å²) in [4.78, 5) is 20.7. The maximum absolute atomic E-state index is 12.2. The molecule has 0 bridgehead atoms. The molecule has 212 valence electrons. The second-order valence-electron chi connectivity index (χ2n) is 10.6. The molecule has 0 aromatic carbocycles. The van der Waals surface area contributed by atoms with Crippen LogP contribution in [0.25, 0.3) is 21.5 Å². The lowest BCUT2D eigenvalue weighted by molar-refractivity contribution is 0.0126. The van der Waals surface area contributed by atoms with Crippen LogP contribution >= 0.6 is 11.3 Å². The third-order valence-electron chi connectivity index (χ3n) is 7.59. The van der Waals surface area contributed by atoms with E-state index in [0.29, 0.717) is 17.5 Å². The number of hydrogen-bond donors (Lipinski definition) is 0. The van der Waals surface area contributed by atoms with Gasteiger partial charge in [0, 0.05) is 73.4 Å². The maximum Gasteiger partial charge on any atom is 0.226 e. The lowest BCUT2D eigenvalue weighted by Gasteiger charge is -2.31. The van der Waals surface area contributed by atoms with E-state index in [9.17, 15) is 8.42 Å². The number of piperidine rings is 2. The number of thiophene rings is 1. The van der Waals surface area contributed by atoms with Gasteiger partial charge in [-0.2, -0.15) is 0 Å². The van der Waals surface area contributed by atoms with Crippen LogP contribution in [-0.4, -0.2) is 80.5 Å². The summed E-state index contributed by atoms with van der Waals surface area (Å²) >= 11 is 1.71. The number of aryl methyl sites for hydroxylation is 1. The number of anilines is 1. The monoisotopic (exact) mass is 573 g/mol. The Kier molecular flexibility index (Phi) is 8.70. The minimum atomic E-state index is -3.28. The molecule has 5 heterocycles. The number of likely N-dealkylation sites (tertiary alicyclic amines) is 1. The van der Waals surface area contributed by atoms with Gasteiger partial charge in [0.15, 0.2) is 9.84 Å². The van der Waals surface area contributed by atoms with Crippen LogP contribution in [-0.2, 0) is 26.9 Å². The highest BCUT2D eigenvalue weighted by Gasteiger charge is 2.25. The quantitative estimate of drug-likeness (QED) is 0.364. The van der Waals surface area contributed by atoms with Crippen LogP contribution in [0.4, 0.5) is 5.95 Å². The van der Waals surface area contributed by atoms with Gasteiger partial charge in [0.1, 0.15) is 0 Å². The van der Waals surface area contributed by atoms with Crippen LogP contribution in [0, 0.1) is 6.92 Å². The molecule has 2 aliphatic heterocycles. The number of aromatic nitrogens is 3. The molecule has 39 heavy (non-hydrogen) atoms. The zero-order chi connectivity index (χ0) is 27.6. The largest absolute Gasteiger partial charge is 0.481 e. The number of nitrogens with zero attached hydrogens (tertiary/aromatic N) is 5. The molecule has 3 aromatic rings. The van der Waals surface area contributed by atoms with Crippen LogP contribution < -0.4 is 9.64 Å². The van der Waals surface area contributed by atoms with Gasteiger partial charge in [-0.3, -0.25) is 4.90 Å². The van der Waals surface area contributed by atoms with Gasteiger partial charge in [0.2, 0.25) is 11.8 Å². The average Bonchev–Trinajstić information content (AvgIpc) is 3.23. The molecule has 2 aliphatic rings. The molecule has 9 nitrogen and oxygen atoms in total. The van der Waals surface area contributed by atoms with Crippen molar-refractivity contribution in [2.75, 3.05) is 51.1 Å². The fourth-order valence-corrected chi connectivity index (χ4v) is 7.52. The van der Waals surface area contributed by atoms with Crippen LogP contribution in [0.1, 0.15) is 55.0 Å². The molecule has 0 N–H and O–H groups in total. The summed E-state index contributed by atoms with van der Waals surface area (Å²) < 4.78 is 36.6. The summed E-state index contributed by atoms with van der Waals surface area (Å²) in [5.74, 6) is 0.924. The SMILES string of the molecule is CCOC1CCN(Cc2c(C)sc3c(-c4cnc(OC)c(CS(C)(=O)=O)c4)nc(N4CCCCC4)nc23)CC1. The zero-order valence-electron chi connectivity index (χ0n) is 23.4. The van der Waals surface area contributed by atoms with Gasteiger partial charge in [-0.05, 0) is 52.0 Å². The van der Waals surface area contributed by atoms with E-state index in [2.05, 4.69) is 28.6 Å². The number of rotatable bonds is 9. The second-order valence-corrected chi connectivity index (χ2v) is 14.0. The molecule has 0 radical (unpaired) electrons. The van der Waals surface area contributed by atoms with Gasteiger partial charge in [-0.25, -0.2) is 23.4 Å². The molecule has 11 heteroatoms. The van der Waals surface area contributed by atoms with Crippen molar-refractivity contribution in [3.63, 3.8) is 0 Å². The molecule has 3 aromatic heterocycles. The molecule has 0 atom stereocenters. The van der Waals surface area contributed by atoms with Gasteiger partial charge in [0.05, 0.1) is 34.9 Å². The lowest BCUT2D eigenvalue weighted by Crippen LogP contribution is -2.36. The highest BCUT2D eigenvalue weighted by molar-refractivity contribution is 7.89. The van der Waals surface area contributed by atoms with E-state index >= 15 is 0 Å². The minimum Gasteiger partial charge on any atom is -0.481 e. The Morgan fingerprint density at radius 3 is 2.51 bits per heavy atom. The summed E-state index contributed by atoms with van der Waals surface area (Å²) in [5.41, 5.74) is 4.37. The van der Waals surface area contributed by atoms with E-state index in [1.165, 1.54) is 30.2 Å². The summed E-state index contributed by atoms with van der Waals surface area (Å²) in [6.07, 6.45) is 8.90. The Morgan fingerprint density at radius 1 is 1.10 bits per heavy atom. The molecule has 0 unspecified atom stereocenters. The summed E-state index contributed by atoms with van der Waals surface area (Å²) in [7, 11) is -1.76. The number of fused-ring (bicyclic) bond motifs is 1. The molecule has 5 rings (SSSR count). The van der Waals surface area contributed by atoms with Crippen LogP contribution in [0.2, 0.25) is 0 Å². The van der Waals surface area contributed by atoms with Crippen molar-refractivity contribution in [3.8, 4) is 17.1 Å². The molecule has 0 amide bonds. The van der Waals surface area contributed by atoms with E-state index in [1.807, 2.05) is 6.07 Å². The Labute approximate surface area is 235 Å². The van der Waals surface area contributed by atoms with Crippen molar-refractivity contribution >= 4 is 37.3 Å². The van der Waals surface area contributed by atoms with Gasteiger partial charge in [-0.1, -0.05) is 0 Å². The minimum absolute atomic E-state index is 0.142. The molecule has 0 aliphatic carbocycles. The maximum atomic E-state index is 12.2. The van der Waals surface area contributed by atoms with Crippen LogP contribution in [0.5, 0.6) is 5.88 Å². The standard InChI is InChI=1S/C28H39N5O4S2/c1-5-37-22-9-13-32(14-10-22)17-23-19(2)38-26-24(30-28(31-25(23)26)33-11-7-6-8-12-33)20-15-21(18-39(4,34)35)27(36-3)29-16-20/h15-16,22H,5-14,17-18H2,1-4H3. The van der Waals surface area contributed by atoms with Crippen LogP contribution in [0.3, 0.4) is 0 Å². The van der Waals surface area contributed by atoms with E-state index in [-0.39, 0.29) is 5.75 Å². The average molecular weight is 574 g/mol. The molecule has 2 saturated heterocycles. The van der Waals surface area contributed by atoms with Crippen molar-refractivity contribution in [3.05, 3.63) is 28.3 Å². The first-order valence-corrected chi connectivity index (χ1v) is 16.7. The number of ether oxygens (including phenoxy) is 2. The van der Waals surface area contributed by atoms with E-state index in [4.69, 9.17) is 19.4 Å². The first kappa shape index (κ1) is 28.2. The normalized spacial score (nSPS) is 17.7. The van der Waals surface area contributed by atoms with Gasteiger partial charge < -0.3 is 14.4 Å². The van der Waals surface area contributed by atoms with Crippen molar-refractivity contribution < 1.29 is 17.9 Å². The van der Waals surface area contributed by atoms with Crippen molar-refractivity contribution in [2.24, 2.45) is 0 Å². The molecule has 0 saturated carbocycles. The predicted molar refractivity (Wildman–Crippen MR) is 156 cm³/mol. The zero-order valence-corrected chi connectivity index (χ0v) is 25.0. The fourth-order valence-electron chi connectivity index (χ4n) is 5.63. The Balaban J connectivity index is 1.58. The third kappa shape index (κ3) is 6.53. The topological polar surface area (TPSA) is 97.8 Å². The van der Waals surface area contributed by atoms with Crippen molar-refractivity contribution in [2.45, 2.75) is 64.4 Å². The summed E-state index contributed by atoms with van der Waals surface area (Å²) in [6.45, 7) is 9.74. The summed E-state index contributed by atoms with van der Waals surface area (Å²) in [6, 6.07) is 1.86. The molecular formula is C28H39N5O4S2. The highest BCUT2D eigenvalue weighted by atomic mass is 32.2. The molecular weight excluding hydrogens is 534 g/mol. The van der Waals surface area contributed by atoms with Gasteiger partial charge >= 0.3 is 0 Å². The second kappa shape index (κ2) is 12.0. The van der Waals surface area contributed by atoms with Gasteiger partial charge in [0.25, 0.3) is 0 Å². The number of sulfone groups is 1. The van der Waals surface area contributed by atoms with Crippen LogP contribution in [0.15, 0.2) is 12.3 Å². The summed E-state index contributed by atoms with van der Waals surface area (Å²) in [5, 5.41) is 0. The molecule has 0 spiro atoms. The number of hydrogen-bond acceptors (Lipinski definition) is 10. The highest BCUT2D eigenvalue weighted by Crippen LogP contribution is 2.39. The van der Waals surface area contributed by atoms with Crippen molar-refractivity contribution in [1.82, 2.24) is 19.9 Å². The van der Waals surface area contributed by atoms with E-state index < -0.39 is 9.84 Å². The Morgan fingerprint density at radius 2 is 1.85 bits per heavy atom. The Bertz CT molecular complexity index is 1410. The smallest absolute Gasteiger partial charge is 0.226 e. The first-order valence-electron chi connectivity index (χ1n) is 13.9. The van der Waals surface area contributed by atoms with E-state index in [1.54, 1.807) is 17.5 Å². The Hall–Kier alpha value is -2.34. The number of pyridine rings is 1. The lowest BCUT2D eigenvalue weighted by atomic mass is 10.1. The predicted octanol–water partition coefficient (Wildman–Crippen LogP) is 4.61. The van der Waals surface area contributed by atoms with Crippen molar-refractivity contribution in [1.29, 1.82) is 0 Å².